The van der Waals surface area contributed by atoms with E-state index in [1.165, 1.54) is 20.5 Å². The SMILES string of the molecule is COc1nc(NCCNC(C)(C)C)nc(OC)c1NC(=O)c1coc(Oc2cc(C(C)(C)C)ccc2C)n1. The van der Waals surface area contributed by atoms with Gasteiger partial charge in [-0.3, -0.25) is 4.79 Å². The highest BCUT2D eigenvalue weighted by Gasteiger charge is 2.22. The van der Waals surface area contributed by atoms with Gasteiger partial charge >= 0.3 is 6.08 Å². The quantitative estimate of drug-likeness (QED) is 0.312. The second kappa shape index (κ2) is 11.7. The Morgan fingerprint density at radius 2 is 1.63 bits per heavy atom. The summed E-state index contributed by atoms with van der Waals surface area (Å²) in [4.78, 5) is 25.9. The van der Waals surface area contributed by atoms with Crippen molar-refractivity contribution in [1.29, 1.82) is 0 Å². The van der Waals surface area contributed by atoms with Gasteiger partial charge in [-0.15, -0.1) is 0 Å². The van der Waals surface area contributed by atoms with E-state index in [0.29, 0.717) is 24.8 Å². The lowest BCUT2D eigenvalue weighted by Gasteiger charge is -2.20. The third kappa shape index (κ3) is 7.58. The van der Waals surface area contributed by atoms with E-state index in [-0.39, 0.29) is 40.2 Å². The normalized spacial score (nSPS) is 11.7. The highest BCUT2D eigenvalue weighted by Crippen LogP contribution is 2.34. The van der Waals surface area contributed by atoms with E-state index >= 15 is 0 Å². The lowest BCUT2D eigenvalue weighted by molar-refractivity contribution is 0.102. The van der Waals surface area contributed by atoms with Crippen LogP contribution < -0.4 is 30.2 Å². The molecule has 0 saturated carbocycles. The van der Waals surface area contributed by atoms with Gasteiger partial charge in [0.1, 0.15) is 12.0 Å². The number of methoxy groups -OCH3 is 2. The molecule has 3 aromatic rings. The summed E-state index contributed by atoms with van der Waals surface area (Å²) in [7, 11) is 2.89. The number of oxazole rings is 1. The first kappa shape index (κ1) is 28.7. The molecule has 0 unspecified atom stereocenters. The third-order valence-electron chi connectivity index (χ3n) is 5.50. The molecule has 3 rings (SSSR count). The Kier molecular flexibility index (Phi) is 8.82. The standard InChI is InChI=1S/C27H38N6O5/c1-16-10-11-17(26(2,3)4)14-19(16)38-25-30-18(15-37-25)21(34)31-20-22(35-8)32-24(33-23(20)36-9)28-12-13-29-27(5,6)7/h10-11,14-15,29H,12-13H2,1-9H3,(H,31,34)(H,28,32,33). The number of ether oxygens (including phenoxy) is 3. The number of aryl methyl sites for hydroxylation is 1. The molecule has 1 amide bonds. The first-order chi connectivity index (χ1) is 17.8. The predicted molar refractivity (Wildman–Crippen MR) is 146 cm³/mol. The van der Waals surface area contributed by atoms with Gasteiger partial charge in [0.15, 0.2) is 11.4 Å². The molecule has 0 aliphatic heterocycles. The average Bonchev–Trinajstić information content (AvgIpc) is 3.31. The Labute approximate surface area is 223 Å². The molecule has 0 bridgehead atoms. The molecule has 38 heavy (non-hydrogen) atoms. The van der Waals surface area contributed by atoms with Crippen LogP contribution in [0.1, 0.15) is 63.2 Å². The summed E-state index contributed by atoms with van der Waals surface area (Å²) in [5.41, 5.74) is 2.12. The summed E-state index contributed by atoms with van der Waals surface area (Å²) in [6, 6.07) is 5.98. The summed E-state index contributed by atoms with van der Waals surface area (Å²) in [6.07, 6.45) is 1.16. The van der Waals surface area contributed by atoms with E-state index in [0.717, 1.165) is 11.1 Å². The van der Waals surface area contributed by atoms with Crippen molar-refractivity contribution < 1.29 is 23.4 Å². The molecule has 206 valence electrons. The van der Waals surface area contributed by atoms with E-state index < -0.39 is 5.91 Å². The Bertz CT molecular complexity index is 1230. The van der Waals surface area contributed by atoms with Gasteiger partial charge in [-0.25, -0.2) is 0 Å². The van der Waals surface area contributed by atoms with Crippen LogP contribution in [0.4, 0.5) is 11.6 Å². The average molecular weight is 527 g/mol. The largest absolute Gasteiger partial charge is 0.479 e. The zero-order valence-corrected chi connectivity index (χ0v) is 23.6. The number of anilines is 2. The van der Waals surface area contributed by atoms with Crippen LogP contribution in [0.2, 0.25) is 0 Å². The molecule has 11 heteroatoms. The maximum atomic E-state index is 13.0. The highest BCUT2D eigenvalue weighted by molar-refractivity contribution is 6.04. The van der Waals surface area contributed by atoms with Gasteiger partial charge in [0, 0.05) is 18.6 Å². The predicted octanol–water partition coefficient (Wildman–Crippen LogP) is 4.93. The number of carbonyl (C=O) groups is 1. The highest BCUT2D eigenvalue weighted by atomic mass is 16.6. The van der Waals surface area contributed by atoms with Crippen molar-refractivity contribution in [3.63, 3.8) is 0 Å². The minimum atomic E-state index is -0.570. The zero-order valence-electron chi connectivity index (χ0n) is 23.6. The van der Waals surface area contributed by atoms with Crippen molar-refractivity contribution in [1.82, 2.24) is 20.3 Å². The van der Waals surface area contributed by atoms with E-state index in [1.807, 2.05) is 19.1 Å². The molecule has 0 aliphatic rings. The van der Waals surface area contributed by atoms with E-state index in [9.17, 15) is 4.79 Å². The molecule has 0 fully saturated rings. The number of aromatic nitrogens is 3. The van der Waals surface area contributed by atoms with Crippen LogP contribution in [0.15, 0.2) is 28.9 Å². The molecule has 11 nitrogen and oxygen atoms in total. The van der Waals surface area contributed by atoms with Crippen LogP contribution in [0.3, 0.4) is 0 Å². The fourth-order valence-corrected chi connectivity index (χ4v) is 3.37. The fraction of sp³-hybridized carbons (Fsp3) is 0.481. The number of hydrogen-bond donors (Lipinski definition) is 3. The molecule has 0 spiro atoms. The first-order valence-corrected chi connectivity index (χ1v) is 12.4. The Balaban J connectivity index is 1.73. The molecule has 2 heterocycles. The monoisotopic (exact) mass is 526 g/mol. The smallest absolute Gasteiger partial charge is 0.399 e. The number of rotatable bonds is 10. The van der Waals surface area contributed by atoms with Gasteiger partial charge in [0.05, 0.1) is 14.2 Å². The van der Waals surface area contributed by atoms with Crippen LogP contribution in [-0.2, 0) is 5.41 Å². The van der Waals surface area contributed by atoms with Gasteiger partial charge in [-0.1, -0.05) is 32.9 Å². The Morgan fingerprint density at radius 1 is 0.974 bits per heavy atom. The zero-order chi connectivity index (χ0) is 28.1. The number of nitrogens with zero attached hydrogens (tertiary/aromatic N) is 3. The van der Waals surface area contributed by atoms with Crippen molar-refractivity contribution in [2.45, 2.75) is 59.4 Å². The summed E-state index contributed by atoms with van der Waals surface area (Å²) in [5, 5.41) is 9.19. The number of benzene rings is 1. The molecule has 0 atom stereocenters. The van der Waals surface area contributed by atoms with E-state index in [4.69, 9.17) is 18.6 Å². The minimum absolute atomic E-state index is 0.00388. The molecule has 1 aromatic carbocycles. The molecule has 2 aromatic heterocycles. The van der Waals surface area contributed by atoms with Gasteiger partial charge in [-0.2, -0.15) is 15.0 Å². The maximum absolute atomic E-state index is 13.0. The van der Waals surface area contributed by atoms with Crippen molar-refractivity contribution >= 4 is 17.5 Å². The lowest BCUT2D eigenvalue weighted by atomic mass is 9.86. The first-order valence-electron chi connectivity index (χ1n) is 12.4. The second-order valence-corrected chi connectivity index (χ2v) is 10.8. The molecule has 0 radical (unpaired) electrons. The van der Waals surface area contributed by atoms with Crippen molar-refractivity contribution in [2.24, 2.45) is 0 Å². The maximum Gasteiger partial charge on any atom is 0.399 e. The van der Waals surface area contributed by atoms with Crippen molar-refractivity contribution in [3.05, 3.63) is 41.3 Å². The summed E-state index contributed by atoms with van der Waals surface area (Å²) in [5.74, 6) is 0.595. The number of amides is 1. The number of carbonyl (C=O) groups excluding carboxylic acids is 1. The molecule has 0 aliphatic carbocycles. The van der Waals surface area contributed by atoms with Gasteiger partial charge in [-0.05, 0) is 50.3 Å². The fourth-order valence-electron chi connectivity index (χ4n) is 3.37. The number of nitrogens with one attached hydrogen (secondary N) is 3. The second-order valence-electron chi connectivity index (χ2n) is 10.8. The molecule has 0 saturated heterocycles. The van der Waals surface area contributed by atoms with E-state index in [1.54, 1.807) is 0 Å². The van der Waals surface area contributed by atoms with Crippen LogP contribution in [0.5, 0.6) is 23.6 Å². The van der Waals surface area contributed by atoms with Crippen LogP contribution in [0, 0.1) is 6.92 Å². The van der Waals surface area contributed by atoms with Gasteiger partial charge in [0.2, 0.25) is 17.7 Å². The third-order valence-corrected chi connectivity index (χ3v) is 5.50. The summed E-state index contributed by atoms with van der Waals surface area (Å²) >= 11 is 0. The lowest BCUT2D eigenvalue weighted by Crippen LogP contribution is -2.38. The van der Waals surface area contributed by atoms with Crippen LogP contribution in [0.25, 0.3) is 0 Å². The summed E-state index contributed by atoms with van der Waals surface area (Å²) < 4.78 is 22.1. The van der Waals surface area contributed by atoms with E-state index in [2.05, 4.69) is 78.5 Å². The molecular formula is C27H38N6O5. The van der Waals surface area contributed by atoms with Crippen LogP contribution in [-0.4, -0.2) is 53.7 Å². The summed E-state index contributed by atoms with van der Waals surface area (Å²) in [6.45, 7) is 15.8. The van der Waals surface area contributed by atoms with Crippen molar-refractivity contribution in [2.75, 3.05) is 37.9 Å². The molecular weight excluding hydrogens is 488 g/mol. The van der Waals surface area contributed by atoms with Gasteiger partial charge in [0.25, 0.3) is 5.91 Å². The Hall–Kier alpha value is -3.86. The minimum Gasteiger partial charge on any atom is -0.479 e. The molecule has 3 N–H and O–H groups in total. The van der Waals surface area contributed by atoms with Gasteiger partial charge < -0.3 is 34.6 Å². The van der Waals surface area contributed by atoms with Crippen molar-refractivity contribution in [3.8, 4) is 23.6 Å². The Morgan fingerprint density at radius 3 is 2.21 bits per heavy atom. The topological polar surface area (TPSA) is 133 Å². The number of hydrogen-bond acceptors (Lipinski definition) is 10. The van der Waals surface area contributed by atoms with Crippen LogP contribution >= 0.6 is 0 Å².